The molecular formula is C16H25FN3O5P. The first-order valence-electron chi connectivity index (χ1n) is 8.30. The molecule has 0 heterocycles. The van der Waals surface area contributed by atoms with Crippen LogP contribution in [0.4, 0.5) is 10.1 Å². The van der Waals surface area contributed by atoms with Crippen LogP contribution in [0.25, 0.3) is 0 Å². The standard InChI is InChI=1S/C16H25FN3O5P/c1-2-19-16(22)15(17)12-10-11(7-8-13(12)25-26(23)24)20-14(21)6-4-3-5-9-18/h7-8,10,15,23-24H,2-6,9,18H2,1H3,(H,19,22)(H,20,21). The molecule has 1 aromatic carbocycles. The number of hydrogen-bond donors (Lipinski definition) is 5. The van der Waals surface area contributed by atoms with E-state index in [4.69, 9.17) is 20.0 Å². The molecule has 2 amide bonds. The van der Waals surface area contributed by atoms with Crippen molar-refractivity contribution in [2.45, 2.75) is 38.8 Å². The van der Waals surface area contributed by atoms with Crippen molar-refractivity contribution < 1.29 is 28.3 Å². The maximum Gasteiger partial charge on any atom is 0.391 e. The van der Waals surface area contributed by atoms with Crippen LogP contribution in [0.15, 0.2) is 18.2 Å². The Labute approximate surface area is 152 Å². The van der Waals surface area contributed by atoms with E-state index in [2.05, 4.69) is 10.6 Å². The third-order valence-electron chi connectivity index (χ3n) is 3.44. The molecule has 0 fully saturated rings. The molecule has 1 aromatic rings. The van der Waals surface area contributed by atoms with Crippen molar-refractivity contribution in [3.63, 3.8) is 0 Å². The molecule has 0 aliphatic carbocycles. The number of rotatable bonds is 11. The van der Waals surface area contributed by atoms with Gasteiger partial charge in [-0.05, 0) is 44.5 Å². The van der Waals surface area contributed by atoms with Gasteiger partial charge in [0, 0.05) is 24.2 Å². The molecule has 0 spiro atoms. The fourth-order valence-electron chi connectivity index (χ4n) is 2.23. The summed E-state index contributed by atoms with van der Waals surface area (Å²) in [6, 6.07) is 3.94. The van der Waals surface area contributed by atoms with Gasteiger partial charge in [-0.3, -0.25) is 9.59 Å². The Morgan fingerprint density at radius 3 is 2.65 bits per heavy atom. The Bertz CT molecular complexity index is 603. The van der Waals surface area contributed by atoms with Crippen molar-refractivity contribution in [3.05, 3.63) is 23.8 Å². The molecule has 10 heteroatoms. The molecule has 0 saturated heterocycles. The lowest BCUT2D eigenvalue weighted by Gasteiger charge is -2.16. The molecule has 0 radical (unpaired) electrons. The summed E-state index contributed by atoms with van der Waals surface area (Å²) in [4.78, 5) is 41.7. The van der Waals surface area contributed by atoms with Crippen LogP contribution >= 0.6 is 8.60 Å². The predicted octanol–water partition coefficient (Wildman–Crippen LogP) is 1.88. The maximum absolute atomic E-state index is 14.5. The number of hydrogen-bond acceptors (Lipinski definition) is 6. The molecule has 0 aliphatic rings. The van der Waals surface area contributed by atoms with Crippen molar-refractivity contribution >= 4 is 26.1 Å². The van der Waals surface area contributed by atoms with Gasteiger partial charge in [-0.1, -0.05) is 6.42 Å². The SMILES string of the molecule is CCNC(=O)C(F)c1cc(NC(=O)CCCCCN)ccc1OP(O)O. The lowest BCUT2D eigenvalue weighted by Crippen LogP contribution is -2.27. The van der Waals surface area contributed by atoms with Crippen LogP contribution in [0.1, 0.15) is 44.3 Å². The van der Waals surface area contributed by atoms with Crippen molar-refractivity contribution in [1.82, 2.24) is 5.32 Å². The fourth-order valence-corrected chi connectivity index (χ4v) is 2.57. The lowest BCUT2D eigenvalue weighted by molar-refractivity contribution is -0.126. The van der Waals surface area contributed by atoms with E-state index in [1.165, 1.54) is 18.2 Å². The molecule has 1 unspecified atom stereocenters. The highest BCUT2D eigenvalue weighted by molar-refractivity contribution is 7.39. The first-order valence-corrected chi connectivity index (χ1v) is 9.47. The van der Waals surface area contributed by atoms with Crippen molar-refractivity contribution in [2.75, 3.05) is 18.4 Å². The fraction of sp³-hybridized carbons (Fsp3) is 0.500. The van der Waals surface area contributed by atoms with Crippen molar-refractivity contribution in [2.24, 2.45) is 5.73 Å². The summed E-state index contributed by atoms with van der Waals surface area (Å²) in [7, 11) is -2.78. The van der Waals surface area contributed by atoms with Gasteiger partial charge in [0.25, 0.3) is 5.91 Å². The molecule has 0 aliphatic heterocycles. The molecule has 26 heavy (non-hydrogen) atoms. The topological polar surface area (TPSA) is 134 Å². The molecule has 0 bridgehead atoms. The Kier molecular flexibility index (Phi) is 10.0. The minimum atomic E-state index is -2.78. The zero-order valence-electron chi connectivity index (χ0n) is 14.6. The number of nitrogens with one attached hydrogen (secondary N) is 2. The first-order chi connectivity index (χ1) is 12.4. The quantitative estimate of drug-likeness (QED) is 0.290. The Morgan fingerprint density at radius 2 is 2.04 bits per heavy atom. The minimum absolute atomic E-state index is 0.180. The molecular weight excluding hydrogens is 364 g/mol. The molecule has 6 N–H and O–H groups in total. The second-order valence-electron chi connectivity index (χ2n) is 5.50. The summed E-state index contributed by atoms with van der Waals surface area (Å²) in [6.07, 6.45) is 0.566. The van der Waals surface area contributed by atoms with Gasteiger partial charge in [0.05, 0.1) is 0 Å². The lowest BCUT2D eigenvalue weighted by atomic mass is 10.1. The highest BCUT2D eigenvalue weighted by Gasteiger charge is 2.25. The van der Waals surface area contributed by atoms with Crippen LogP contribution in [0.3, 0.4) is 0 Å². The van der Waals surface area contributed by atoms with Gasteiger partial charge in [-0.2, -0.15) is 0 Å². The normalized spacial score (nSPS) is 11.9. The van der Waals surface area contributed by atoms with Crippen molar-refractivity contribution in [1.29, 1.82) is 0 Å². The molecule has 1 atom stereocenters. The number of nitrogens with two attached hydrogens (primary N) is 1. The molecule has 0 aromatic heterocycles. The van der Waals surface area contributed by atoms with Crippen LogP contribution < -0.4 is 20.9 Å². The maximum atomic E-state index is 14.5. The zero-order valence-corrected chi connectivity index (χ0v) is 15.5. The van der Waals surface area contributed by atoms with E-state index in [-0.39, 0.29) is 29.5 Å². The monoisotopic (exact) mass is 389 g/mol. The summed E-state index contributed by atoms with van der Waals surface area (Å²) in [5.41, 5.74) is 5.47. The van der Waals surface area contributed by atoms with E-state index in [1.807, 2.05) is 0 Å². The Hall–Kier alpha value is -1.80. The highest BCUT2D eigenvalue weighted by Crippen LogP contribution is 2.37. The smallest absolute Gasteiger partial charge is 0.391 e. The van der Waals surface area contributed by atoms with Gasteiger partial charge in [-0.15, -0.1) is 0 Å². The number of carbonyl (C=O) groups excluding carboxylic acids is 2. The largest absolute Gasteiger partial charge is 0.427 e. The number of carbonyl (C=O) groups is 2. The average molecular weight is 389 g/mol. The Balaban J connectivity index is 2.89. The van der Waals surface area contributed by atoms with Gasteiger partial charge in [-0.25, -0.2) is 4.39 Å². The van der Waals surface area contributed by atoms with Crippen molar-refractivity contribution in [3.8, 4) is 5.75 Å². The van der Waals surface area contributed by atoms with E-state index in [0.29, 0.717) is 19.4 Å². The number of amides is 2. The van der Waals surface area contributed by atoms with E-state index < -0.39 is 20.7 Å². The van der Waals surface area contributed by atoms with Gasteiger partial charge in [0.1, 0.15) is 5.75 Å². The van der Waals surface area contributed by atoms with E-state index in [9.17, 15) is 14.0 Å². The number of likely N-dealkylation sites (N-methyl/N-ethyl adjacent to an activating group) is 1. The van der Waals surface area contributed by atoms with Crippen LogP contribution in [0.2, 0.25) is 0 Å². The second kappa shape index (κ2) is 11.7. The number of alkyl halides is 1. The van der Waals surface area contributed by atoms with Gasteiger partial charge in [0.2, 0.25) is 12.1 Å². The first kappa shape index (κ1) is 22.2. The highest BCUT2D eigenvalue weighted by atomic mass is 31.2. The molecule has 146 valence electrons. The van der Waals surface area contributed by atoms with Gasteiger partial charge < -0.3 is 30.7 Å². The van der Waals surface area contributed by atoms with Gasteiger partial charge >= 0.3 is 8.60 Å². The predicted molar refractivity (Wildman–Crippen MR) is 97.1 cm³/mol. The minimum Gasteiger partial charge on any atom is -0.427 e. The third-order valence-corrected chi connectivity index (χ3v) is 3.80. The number of unbranched alkanes of at least 4 members (excludes halogenated alkanes) is 2. The summed E-state index contributed by atoms with van der Waals surface area (Å²) < 4.78 is 19.2. The molecule has 1 rings (SSSR count). The third kappa shape index (κ3) is 7.61. The number of anilines is 1. The summed E-state index contributed by atoms with van der Waals surface area (Å²) in [6.45, 7) is 2.45. The summed E-state index contributed by atoms with van der Waals surface area (Å²) >= 11 is 0. The van der Waals surface area contributed by atoms with Crippen LogP contribution in [0, 0.1) is 0 Å². The molecule has 8 nitrogen and oxygen atoms in total. The van der Waals surface area contributed by atoms with Crippen LogP contribution in [-0.4, -0.2) is 34.7 Å². The van der Waals surface area contributed by atoms with Gasteiger partial charge in [0.15, 0.2) is 0 Å². The average Bonchev–Trinajstić information content (AvgIpc) is 2.59. The summed E-state index contributed by atoms with van der Waals surface area (Å²) in [5, 5.41) is 4.96. The van der Waals surface area contributed by atoms with Crippen LogP contribution in [0.5, 0.6) is 5.75 Å². The molecule has 0 saturated carbocycles. The van der Waals surface area contributed by atoms with E-state index in [1.54, 1.807) is 6.92 Å². The Morgan fingerprint density at radius 1 is 1.31 bits per heavy atom. The van der Waals surface area contributed by atoms with E-state index in [0.717, 1.165) is 12.8 Å². The number of halogens is 1. The summed E-state index contributed by atoms with van der Waals surface area (Å²) in [5.74, 6) is -1.31. The van der Waals surface area contributed by atoms with E-state index >= 15 is 0 Å². The number of benzene rings is 1. The zero-order chi connectivity index (χ0) is 19.5. The van der Waals surface area contributed by atoms with Crippen LogP contribution in [-0.2, 0) is 9.59 Å². The second-order valence-corrected chi connectivity index (χ2v) is 6.19.